The van der Waals surface area contributed by atoms with Gasteiger partial charge in [0.15, 0.2) is 5.82 Å². The fourth-order valence-corrected chi connectivity index (χ4v) is 4.69. The van der Waals surface area contributed by atoms with Gasteiger partial charge in [0.2, 0.25) is 5.95 Å². The second kappa shape index (κ2) is 7.64. The largest absolute Gasteiger partial charge is 0.349 e. The van der Waals surface area contributed by atoms with Gasteiger partial charge in [-0.15, -0.1) is 0 Å². The molecule has 2 aliphatic rings. The molecule has 3 N–H and O–H groups in total. The highest BCUT2D eigenvalue weighted by molar-refractivity contribution is 6.35. The first-order chi connectivity index (χ1) is 14.8. The van der Waals surface area contributed by atoms with Gasteiger partial charge in [0, 0.05) is 12.1 Å². The summed E-state index contributed by atoms with van der Waals surface area (Å²) >= 11 is 11.8. The molecule has 5 rings (SSSR count). The summed E-state index contributed by atoms with van der Waals surface area (Å²) in [6.45, 7) is 0. The van der Waals surface area contributed by atoms with Crippen molar-refractivity contribution >= 4 is 51.8 Å². The summed E-state index contributed by atoms with van der Waals surface area (Å²) in [7, 11) is 0. The van der Waals surface area contributed by atoms with Gasteiger partial charge in [-0.05, 0) is 62.1 Å². The van der Waals surface area contributed by atoms with Crippen molar-refractivity contribution in [3.63, 3.8) is 0 Å². The van der Waals surface area contributed by atoms with E-state index in [0.717, 1.165) is 25.7 Å². The highest BCUT2D eigenvalue weighted by Gasteiger charge is 2.44. The number of rotatable bonds is 4. The number of fused-ring (bicyclic) bond motifs is 1. The number of H-pyrrole nitrogens is 1. The molecule has 1 heterocycles. The van der Waals surface area contributed by atoms with Crippen LogP contribution in [0.1, 0.15) is 48.9 Å². The second-order valence-corrected chi connectivity index (χ2v) is 9.34. The van der Waals surface area contributed by atoms with Gasteiger partial charge in [-0.3, -0.25) is 4.79 Å². The summed E-state index contributed by atoms with van der Waals surface area (Å²) in [5.41, 5.74) is 1.15. The normalized spacial score (nSPS) is 17.8. The maximum Gasteiger partial charge on any atom is 0.254 e. The lowest BCUT2D eigenvalue weighted by molar-refractivity contribution is 0.0915. The van der Waals surface area contributed by atoms with Gasteiger partial charge >= 0.3 is 0 Å². The van der Waals surface area contributed by atoms with Crippen LogP contribution in [0, 0.1) is 17.0 Å². The van der Waals surface area contributed by atoms with Gasteiger partial charge < -0.3 is 15.6 Å². The van der Waals surface area contributed by atoms with Crippen molar-refractivity contribution in [1.82, 2.24) is 15.3 Å². The number of nitrogens with one attached hydrogen (secondary N) is 3. The van der Waals surface area contributed by atoms with Crippen LogP contribution in [-0.4, -0.2) is 21.9 Å². The fraction of sp³-hybridized carbons (Fsp3) is 0.364. The first-order valence-electron chi connectivity index (χ1n) is 10.2. The molecule has 0 aliphatic heterocycles. The number of halogens is 4. The number of aromatic amines is 1. The SMILES string of the molecule is O=C(NC1CCC2(CC1)CC2)c1cc2nc(Nc3c(Cl)ccc(Cl)c3F)[nH]c2cc1F. The zero-order valence-corrected chi connectivity index (χ0v) is 18.0. The van der Waals surface area contributed by atoms with Gasteiger partial charge in [-0.25, -0.2) is 13.8 Å². The Bertz CT molecular complexity index is 1180. The molecule has 0 saturated heterocycles. The standard InChI is InChI=1S/C22H20Cl2F2N4O/c23-13-1-2-14(24)19(18(13)26)30-21-28-16-9-12(15(25)10-17(16)29-21)20(31)27-11-3-5-22(6-4-11)7-8-22/h1-2,9-11H,3-8H2,(H,27,31)(H2,28,29,30). The zero-order chi connectivity index (χ0) is 21.8. The molecular weight excluding hydrogens is 445 g/mol. The molecule has 0 bridgehead atoms. The maximum absolute atomic E-state index is 14.6. The lowest BCUT2D eigenvalue weighted by Gasteiger charge is -2.29. The summed E-state index contributed by atoms with van der Waals surface area (Å²) in [5, 5.41) is 5.72. The molecule has 2 saturated carbocycles. The van der Waals surface area contributed by atoms with Crippen LogP contribution in [0.3, 0.4) is 0 Å². The van der Waals surface area contributed by atoms with E-state index in [2.05, 4.69) is 20.6 Å². The minimum absolute atomic E-state index is 0.0441. The lowest BCUT2D eigenvalue weighted by atomic mass is 9.83. The number of carbonyl (C=O) groups is 1. The van der Waals surface area contributed by atoms with E-state index in [-0.39, 0.29) is 33.3 Å². The third-order valence-corrected chi connectivity index (χ3v) is 7.05. The Balaban J connectivity index is 1.36. The van der Waals surface area contributed by atoms with E-state index in [1.807, 2.05) is 0 Å². The minimum atomic E-state index is -0.721. The van der Waals surface area contributed by atoms with Gasteiger partial charge in [0.1, 0.15) is 5.82 Å². The number of benzene rings is 2. The molecule has 2 aliphatic carbocycles. The van der Waals surface area contributed by atoms with E-state index in [1.165, 1.54) is 37.1 Å². The molecule has 9 heteroatoms. The Morgan fingerprint density at radius 1 is 1.10 bits per heavy atom. The molecule has 2 aromatic carbocycles. The number of hydrogen-bond acceptors (Lipinski definition) is 3. The molecule has 162 valence electrons. The van der Waals surface area contributed by atoms with Crippen molar-refractivity contribution in [1.29, 1.82) is 0 Å². The molecule has 0 unspecified atom stereocenters. The molecule has 1 amide bonds. The Morgan fingerprint density at radius 2 is 1.81 bits per heavy atom. The zero-order valence-electron chi connectivity index (χ0n) is 16.5. The monoisotopic (exact) mass is 464 g/mol. The lowest BCUT2D eigenvalue weighted by Crippen LogP contribution is -2.38. The second-order valence-electron chi connectivity index (χ2n) is 8.53. The van der Waals surface area contributed by atoms with E-state index in [0.29, 0.717) is 16.4 Å². The third kappa shape index (κ3) is 3.96. The predicted octanol–water partition coefficient (Wildman–Crippen LogP) is 6.34. The van der Waals surface area contributed by atoms with Crippen molar-refractivity contribution in [2.24, 2.45) is 5.41 Å². The number of aromatic nitrogens is 2. The van der Waals surface area contributed by atoms with Crippen LogP contribution in [0.4, 0.5) is 20.4 Å². The van der Waals surface area contributed by atoms with Crippen LogP contribution < -0.4 is 10.6 Å². The molecule has 2 fully saturated rings. The number of hydrogen-bond donors (Lipinski definition) is 3. The summed E-state index contributed by atoms with van der Waals surface area (Å²) in [6, 6.07) is 5.47. The summed E-state index contributed by atoms with van der Waals surface area (Å²) in [5.74, 6) is -1.67. The first-order valence-corrected chi connectivity index (χ1v) is 11.0. The highest BCUT2D eigenvalue weighted by Crippen LogP contribution is 2.56. The van der Waals surface area contributed by atoms with Crippen molar-refractivity contribution in [2.45, 2.75) is 44.6 Å². The fourth-order valence-electron chi connectivity index (χ4n) is 4.34. The van der Waals surface area contributed by atoms with E-state index in [4.69, 9.17) is 23.2 Å². The van der Waals surface area contributed by atoms with Crippen LogP contribution >= 0.6 is 23.2 Å². The van der Waals surface area contributed by atoms with Crippen molar-refractivity contribution < 1.29 is 13.6 Å². The molecule has 5 nitrogen and oxygen atoms in total. The number of imidazole rings is 1. The number of amides is 1. The predicted molar refractivity (Wildman–Crippen MR) is 117 cm³/mol. The quantitative estimate of drug-likeness (QED) is 0.394. The number of carbonyl (C=O) groups excluding carboxylic acids is 1. The van der Waals surface area contributed by atoms with Crippen LogP contribution in [0.25, 0.3) is 11.0 Å². The Hall–Kier alpha value is -2.38. The Kier molecular flexibility index (Phi) is 5.06. The molecule has 31 heavy (non-hydrogen) atoms. The maximum atomic E-state index is 14.6. The van der Waals surface area contributed by atoms with Crippen molar-refractivity contribution in [3.05, 3.63) is 51.5 Å². The van der Waals surface area contributed by atoms with E-state index in [9.17, 15) is 13.6 Å². The van der Waals surface area contributed by atoms with Crippen LogP contribution in [0.15, 0.2) is 24.3 Å². The molecule has 0 atom stereocenters. The van der Waals surface area contributed by atoms with Crippen LogP contribution in [0.2, 0.25) is 10.0 Å². The molecule has 3 aromatic rings. The van der Waals surface area contributed by atoms with Gasteiger partial charge in [-0.1, -0.05) is 23.2 Å². The molecular formula is C22H20Cl2F2N4O. The van der Waals surface area contributed by atoms with Gasteiger partial charge in [0.05, 0.1) is 32.3 Å². The van der Waals surface area contributed by atoms with Gasteiger partial charge in [0.25, 0.3) is 5.91 Å². The molecule has 0 radical (unpaired) electrons. The smallest absolute Gasteiger partial charge is 0.254 e. The minimum Gasteiger partial charge on any atom is -0.349 e. The van der Waals surface area contributed by atoms with Crippen LogP contribution in [-0.2, 0) is 0 Å². The Morgan fingerprint density at radius 3 is 2.52 bits per heavy atom. The van der Waals surface area contributed by atoms with Crippen molar-refractivity contribution in [3.8, 4) is 0 Å². The number of nitrogens with zero attached hydrogens (tertiary/aromatic N) is 1. The van der Waals surface area contributed by atoms with E-state index < -0.39 is 17.5 Å². The van der Waals surface area contributed by atoms with E-state index in [1.54, 1.807) is 0 Å². The molecule has 1 spiro atoms. The highest BCUT2D eigenvalue weighted by atomic mass is 35.5. The average Bonchev–Trinajstić information content (AvgIpc) is 3.38. The van der Waals surface area contributed by atoms with Gasteiger partial charge in [-0.2, -0.15) is 0 Å². The summed E-state index contributed by atoms with van der Waals surface area (Å²) in [4.78, 5) is 19.8. The van der Waals surface area contributed by atoms with Crippen LogP contribution in [0.5, 0.6) is 0 Å². The average molecular weight is 465 g/mol. The molecule has 1 aromatic heterocycles. The summed E-state index contributed by atoms with van der Waals surface area (Å²) < 4.78 is 28.9. The number of anilines is 2. The third-order valence-electron chi connectivity index (χ3n) is 6.44. The summed E-state index contributed by atoms with van der Waals surface area (Å²) in [6.07, 6.45) is 6.68. The Labute approximate surface area is 187 Å². The topological polar surface area (TPSA) is 69.8 Å². The first kappa shape index (κ1) is 20.5. The van der Waals surface area contributed by atoms with E-state index >= 15 is 0 Å². The van der Waals surface area contributed by atoms with Crippen molar-refractivity contribution in [2.75, 3.05) is 5.32 Å².